The van der Waals surface area contributed by atoms with E-state index < -0.39 is 6.10 Å². The fraction of sp³-hybridized carbons (Fsp3) is 0.333. The second kappa shape index (κ2) is 7.84. The summed E-state index contributed by atoms with van der Waals surface area (Å²) in [6, 6.07) is 8.38. The number of benzene rings is 1. The molecule has 6 nitrogen and oxygen atoms in total. The lowest BCUT2D eigenvalue weighted by atomic mass is 10.00. The predicted molar refractivity (Wildman–Crippen MR) is 93.0 cm³/mol. The average molecular weight is 324 g/mol. The maximum Gasteiger partial charge on any atom is 0.271 e. The monoisotopic (exact) mass is 324 g/mol. The van der Waals surface area contributed by atoms with Gasteiger partial charge >= 0.3 is 0 Å². The van der Waals surface area contributed by atoms with Crippen LogP contribution in [0.15, 0.2) is 52.2 Å². The minimum atomic E-state index is -0.629. The second-order valence-electron chi connectivity index (χ2n) is 5.84. The molecule has 1 amide bonds. The van der Waals surface area contributed by atoms with Gasteiger partial charge in [0.05, 0.1) is 12.3 Å². The lowest BCUT2D eigenvalue weighted by molar-refractivity contribution is -0.118. The Balaban J connectivity index is 1.46. The molecular formula is C18H20N4O2. The SMILES string of the molecule is O=C(NC[C@H](O)CN1CCc2ccccc2C1)C1=CN=C=CC=N1. The van der Waals surface area contributed by atoms with Gasteiger partial charge in [0.15, 0.2) is 0 Å². The number of β-amino-alcohol motifs (C(OH)–C–C–N with tert-alkyl or cyclic N) is 1. The van der Waals surface area contributed by atoms with Crippen molar-refractivity contribution in [3.8, 4) is 0 Å². The van der Waals surface area contributed by atoms with E-state index in [0.29, 0.717) is 6.54 Å². The lowest BCUT2D eigenvalue weighted by Crippen LogP contribution is -2.42. The van der Waals surface area contributed by atoms with Gasteiger partial charge in [-0.05, 0) is 23.4 Å². The van der Waals surface area contributed by atoms with Crippen molar-refractivity contribution in [2.24, 2.45) is 9.98 Å². The molecule has 0 aliphatic carbocycles. The van der Waals surface area contributed by atoms with E-state index in [-0.39, 0.29) is 18.1 Å². The molecule has 0 radical (unpaired) electrons. The maximum atomic E-state index is 12.0. The molecule has 1 aromatic carbocycles. The average Bonchev–Trinajstić information content (AvgIpc) is 2.89. The highest BCUT2D eigenvalue weighted by Gasteiger charge is 2.19. The number of nitrogens with one attached hydrogen (secondary N) is 1. The zero-order valence-electron chi connectivity index (χ0n) is 13.4. The Morgan fingerprint density at radius 2 is 2.21 bits per heavy atom. The van der Waals surface area contributed by atoms with E-state index in [0.717, 1.165) is 19.5 Å². The second-order valence-corrected chi connectivity index (χ2v) is 5.84. The van der Waals surface area contributed by atoms with E-state index in [1.807, 2.05) is 6.07 Å². The first-order chi connectivity index (χ1) is 11.7. The summed E-state index contributed by atoms with van der Waals surface area (Å²) in [4.78, 5) is 21.9. The molecule has 1 atom stereocenters. The number of amides is 1. The van der Waals surface area contributed by atoms with Crippen LogP contribution in [0.4, 0.5) is 0 Å². The van der Waals surface area contributed by atoms with Crippen LogP contribution in [0.1, 0.15) is 11.1 Å². The van der Waals surface area contributed by atoms with Gasteiger partial charge in [-0.15, -0.1) is 0 Å². The number of aliphatic imine (C=N–C) groups is 2. The molecule has 0 aromatic heterocycles. The smallest absolute Gasteiger partial charge is 0.271 e. The number of hydrogen-bond donors (Lipinski definition) is 2. The number of rotatable bonds is 5. The van der Waals surface area contributed by atoms with Crippen molar-refractivity contribution < 1.29 is 9.90 Å². The number of aliphatic hydroxyl groups excluding tert-OH is 1. The fourth-order valence-corrected chi connectivity index (χ4v) is 2.82. The molecule has 6 heteroatoms. The van der Waals surface area contributed by atoms with Gasteiger partial charge in [0.25, 0.3) is 5.91 Å². The molecule has 1 aromatic rings. The topological polar surface area (TPSA) is 77.3 Å². The van der Waals surface area contributed by atoms with Gasteiger partial charge in [-0.1, -0.05) is 24.3 Å². The number of hydrogen-bond acceptors (Lipinski definition) is 5. The molecule has 24 heavy (non-hydrogen) atoms. The summed E-state index contributed by atoms with van der Waals surface area (Å²) in [7, 11) is 0. The standard InChI is InChI=1S/C18H20N4O2/c23-16(10-21-18(24)17-11-19-7-3-8-20-17)13-22-9-6-14-4-1-2-5-15(14)12-22/h1-5,8,11,16,23H,6,9-10,12-13H2,(H,21,24)/t16-/m0/s1. The molecule has 3 rings (SSSR count). The van der Waals surface area contributed by atoms with E-state index in [1.54, 1.807) is 0 Å². The Hall–Kier alpha value is -2.53. The Labute approximate surface area is 140 Å². The molecule has 2 N–H and O–H groups in total. The summed E-state index contributed by atoms with van der Waals surface area (Å²) in [5.74, 6) is 2.25. The Bertz CT molecular complexity index is 732. The van der Waals surface area contributed by atoms with E-state index >= 15 is 0 Å². The Kier molecular flexibility index (Phi) is 5.33. The first-order valence-corrected chi connectivity index (χ1v) is 7.99. The molecule has 0 unspecified atom stereocenters. The fourth-order valence-electron chi connectivity index (χ4n) is 2.82. The largest absolute Gasteiger partial charge is 0.390 e. The van der Waals surface area contributed by atoms with Crippen molar-refractivity contribution in [1.82, 2.24) is 10.2 Å². The zero-order chi connectivity index (χ0) is 16.8. The minimum absolute atomic E-state index is 0.182. The quantitative estimate of drug-likeness (QED) is 0.836. The summed E-state index contributed by atoms with van der Waals surface area (Å²) in [6.45, 7) is 2.45. The lowest BCUT2D eigenvalue weighted by Gasteiger charge is -2.30. The van der Waals surface area contributed by atoms with Crippen LogP contribution in [0.25, 0.3) is 0 Å². The molecule has 0 fully saturated rings. The van der Waals surface area contributed by atoms with E-state index in [4.69, 9.17) is 0 Å². The van der Waals surface area contributed by atoms with Gasteiger partial charge in [0.1, 0.15) is 5.70 Å². The van der Waals surface area contributed by atoms with Crippen molar-refractivity contribution in [3.63, 3.8) is 0 Å². The molecule has 2 aliphatic heterocycles. The third-order valence-corrected chi connectivity index (χ3v) is 4.03. The van der Waals surface area contributed by atoms with Gasteiger partial charge in [0, 0.05) is 38.5 Å². The van der Waals surface area contributed by atoms with Crippen LogP contribution < -0.4 is 5.32 Å². The summed E-state index contributed by atoms with van der Waals surface area (Å²) >= 11 is 0. The highest BCUT2D eigenvalue weighted by Crippen LogP contribution is 2.18. The number of fused-ring (bicyclic) bond motifs is 1. The first-order valence-electron chi connectivity index (χ1n) is 7.99. The minimum Gasteiger partial charge on any atom is -0.390 e. The molecule has 0 bridgehead atoms. The molecule has 0 spiro atoms. The Morgan fingerprint density at radius 1 is 1.38 bits per heavy atom. The van der Waals surface area contributed by atoms with Crippen LogP contribution in [0.2, 0.25) is 0 Å². The van der Waals surface area contributed by atoms with Gasteiger partial charge in [-0.2, -0.15) is 0 Å². The number of carbonyl (C=O) groups is 1. The maximum absolute atomic E-state index is 12.0. The van der Waals surface area contributed by atoms with Crippen molar-refractivity contribution in [2.45, 2.75) is 19.1 Å². The molecule has 0 saturated heterocycles. The van der Waals surface area contributed by atoms with Crippen molar-refractivity contribution in [1.29, 1.82) is 0 Å². The van der Waals surface area contributed by atoms with Gasteiger partial charge in [-0.25, -0.2) is 9.98 Å². The van der Waals surface area contributed by atoms with Crippen LogP contribution in [-0.2, 0) is 17.8 Å². The van der Waals surface area contributed by atoms with Crippen LogP contribution in [0.3, 0.4) is 0 Å². The first kappa shape index (κ1) is 16.3. The summed E-state index contributed by atoms with van der Waals surface area (Å²) in [5, 5.41) is 12.9. The molecule has 0 saturated carbocycles. The molecule has 2 heterocycles. The number of allylic oxidation sites excluding steroid dienone is 1. The predicted octanol–water partition coefficient (Wildman–Crippen LogP) is 0.674. The van der Waals surface area contributed by atoms with Gasteiger partial charge < -0.3 is 10.4 Å². The third-order valence-electron chi connectivity index (χ3n) is 4.03. The van der Waals surface area contributed by atoms with Crippen molar-refractivity contribution in [2.75, 3.05) is 19.6 Å². The van der Waals surface area contributed by atoms with Crippen LogP contribution in [-0.4, -0.2) is 53.7 Å². The molecule has 2 aliphatic rings. The molecular weight excluding hydrogens is 304 g/mol. The van der Waals surface area contributed by atoms with E-state index in [1.165, 1.54) is 29.6 Å². The van der Waals surface area contributed by atoms with Crippen LogP contribution in [0, 0.1) is 0 Å². The number of aliphatic hydroxyl groups is 1. The number of carbonyl (C=O) groups excluding carboxylic acids is 1. The summed E-state index contributed by atoms with van der Waals surface area (Å²) < 4.78 is 0. The third kappa shape index (κ3) is 4.26. The summed E-state index contributed by atoms with van der Waals surface area (Å²) in [6.07, 6.45) is 4.70. The van der Waals surface area contributed by atoms with Crippen molar-refractivity contribution >= 4 is 18.0 Å². The van der Waals surface area contributed by atoms with E-state index in [2.05, 4.69) is 44.3 Å². The highest BCUT2D eigenvalue weighted by molar-refractivity contribution is 5.97. The van der Waals surface area contributed by atoms with Crippen molar-refractivity contribution in [3.05, 3.63) is 53.4 Å². The van der Waals surface area contributed by atoms with Gasteiger partial charge in [0.2, 0.25) is 0 Å². The Morgan fingerprint density at radius 3 is 3.08 bits per heavy atom. The zero-order valence-corrected chi connectivity index (χ0v) is 13.4. The summed E-state index contributed by atoms with van der Waals surface area (Å²) in [5.41, 5.74) is 2.89. The normalized spacial score (nSPS) is 17.8. The van der Waals surface area contributed by atoms with Gasteiger partial charge in [-0.3, -0.25) is 9.69 Å². The number of nitrogens with zero attached hydrogens (tertiary/aromatic N) is 3. The van der Waals surface area contributed by atoms with E-state index in [9.17, 15) is 9.90 Å². The van der Waals surface area contributed by atoms with Crippen LogP contribution in [0.5, 0.6) is 0 Å². The molecule has 124 valence electrons. The van der Waals surface area contributed by atoms with Crippen LogP contribution >= 0.6 is 0 Å². The highest BCUT2D eigenvalue weighted by atomic mass is 16.3.